The molecule has 3 amide bonds. The van der Waals surface area contributed by atoms with E-state index in [1.807, 2.05) is 27.7 Å². The molecule has 0 aromatic rings. The zero-order valence-corrected chi connectivity index (χ0v) is 47.5. The van der Waals surface area contributed by atoms with Crippen molar-refractivity contribution in [2.45, 2.75) is 185 Å². The Hall–Kier alpha value is -6.93. The maximum atomic E-state index is 12.7. The van der Waals surface area contributed by atoms with E-state index in [2.05, 4.69) is 16.0 Å². The van der Waals surface area contributed by atoms with E-state index in [1.165, 1.54) is 23.9 Å². The van der Waals surface area contributed by atoms with Crippen molar-refractivity contribution < 1.29 is 107 Å². The molecule has 4 fully saturated rings. The van der Waals surface area contributed by atoms with Crippen molar-refractivity contribution in [3.63, 3.8) is 0 Å². The molecule has 3 heterocycles. The lowest BCUT2D eigenvalue weighted by atomic mass is 10.0. The van der Waals surface area contributed by atoms with Crippen LogP contribution in [0.4, 0.5) is 0 Å². The van der Waals surface area contributed by atoms with Crippen molar-refractivity contribution in [3.05, 3.63) is 0 Å². The first-order valence-electron chi connectivity index (χ1n) is 27.0. The number of carboxylic acids is 6. The third kappa shape index (κ3) is 31.9. The van der Waals surface area contributed by atoms with Crippen molar-refractivity contribution >= 4 is 77.4 Å². The van der Waals surface area contributed by atoms with Gasteiger partial charge in [0.05, 0.1) is 5.92 Å². The van der Waals surface area contributed by atoms with E-state index in [1.54, 1.807) is 0 Å². The van der Waals surface area contributed by atoms with Gasteiger partial charge in [-0.25, -0.2) is 24.0 Å². The molecule has 4 aliphatic rings. The minimum Gasteiger partial charge on any atom is -0.481 e. The fourth-order valence-electron chi connectivity index (χ4n) is 8.21. The van der Waals surface area contributed by atoms with Gasteiger partial charge in [0.15, 0.2) is 0 Å². The van der Waals surface area contributed by atoms with Gasteiger partial charge < -0.3 is 83.7 Å². The van der Waals surface area contributed by atoms with Gasteiger partial charge in [0.25, 0.3) is 0 Å². The maximum absolute atomic E-state index is 12.7. The van der Waals surface area contributed by atoms with Crippen molar-refractivity contribution in [2.24, 2.45) is 40.7 Å². The molecule has 3 saturated heterocycles. The smallest absolute Gasteiger partial charge is 0.346 e. The summed E-state index contributed by atoms with van der Waals surface area (Å²) in [5, 5.41) is 61.2. The molecule has 1 unspecified atom stereocenters. The summed E-state index contributed by atoms with van der Waals surface area (Å²) in [6, 6.07) is -5.84. The molecule has 17 N–H and O–H groups in total. The Morgan fingerprint density at radius 3 is 1.30 bits per heavy atom. The number of carboxylic acid groups (broad SMARTS) is 6. The zero-order valence-electron chi connectivity index (χ0n) is 47.5. The first-order valence-corrected chi connectivity index (χ1v) is 27.0. The van der Waals surface area contributed by atoms with Crippen LogP contribution in [0.15, 0.2) is 0 Å². The van der Waals surface area contributed by atoms with E-state index < -0.39 is 114 Å². The second-order valence-electron chi connectivity index (χ2n) is 21.0. The van der Waals surface area contributed by atoms with Gasteiger partial charge in [0.2, 0.25) is 29.9 Å². The van der Waals surface area contributed by atoms with Gasteiger partial charge in [-0.3, -0.25) is 48.2 Å². The minimum absolute atomic E-state index is 0.0185. The van der Waals surface area contributed by atoms with Crippen molar-refractivity contribution in [1.82, 2.24) is 25.8 Å². The Bertz CT molecular complexity index is 2070. The molecule has 0 radical (unpaired) electrons. The molecule has 4 rings (SSSR count). The standard InChI is InChI=1S/C20H32N4O9.C15H27N3O7.C6H10O2.2C5H9NO2/c1-10(2)8-13(20(31)33-18(29)11(21)4-6-15(22)25)24(3)9-14(17(27)28)32-19(30)12-5-7-16(26)23-12;1-8(2)6-10(13(20)21)18(3)7-11(14(22)23)25-15(24)9(16)4-5-12(17)19;7-6(8)5-3-1-2-4-5;2*7-5(8)4-2-1-3-6-4/h10-14H,4-9,21H2,1-3H3,(H2,22,25)(H,23,26)(H,27,28);8-11H,4-7,16H2,1-3H3,(H2,17,19)(H,20,21)(H,22,23);5H,1-4H2,(H,7,8);2*4,6H,1-3H2,(H,7,8)/t11-,12-,13-,14-;9?,10-,11-;;2*4-/m00.00/s1. The topological polar surface area (TPSA) is 518 Å². The highest BCUT2D eigenvalue weighted by molar-refractivity contribution is 5.91. The van der Waals surface area contributed by atoms with Crippen LogP contribution in [0.1, 0.15) is 130 Å². The number of esters is 4. The van der Waals surface area contributed by atoms with Crippen molar-refractivity contribution in [3.8, 4) is 0 Å². The maximum Gasteiger partial charge on any atom is 0.346 e. The number of hydrogen-bond acceptors (Lipinski definition) is 22. The summed E-state index contributed by atoms with van der Waals surface area (Å²) >= 11 is 0. The van der Waals surface area contributed by atoms with Crippen LogP contribution in [0.3, 0.4) is 0 Å². The average molecular weight is 1180 g/mol. The van der Waals surface area contributed by atoms with Gasteiger partial charge in [-0.05, 0) is 110 Å². The number of likely N-dealkylation sites (N-methyl/N-ethyl adjacent to an activating group) is 2. The Morgan fingerprint density at radius 1 is 0.549 bits per heavy atom. The molecular formula is C51H87N9O22. The number of hydrogen-bond donors (Lipinski definition) is 13. The van der Waals surface area contributed by atoms with Crippen LogP contribution in [-0.2, 0) is 76.5 Å². The fraction of sp³-hybridized carbons (Fsp3) is 0.745. The van der Waals surface area contributed by atoms with Crippen LogP contribution in [0.5, 0.6) is 0 Å². The van der Waals surface area contributed by atoms with Crippen molar-refractivity contribution in [1.29, 1.82) is 0 Å². The molecule has 1 saturated carbocycles. The number of rotatable bonds is 28. The Labute approximate surface area is 475 Å². The van der Waals surface area contributed by atoms with Gasteiger partial charge in [0.1, 0.15) is 42.3 Å². The van der Waals surface area contributed by atoms with Crippen LogP contribution in [0.2, 0.25) is 0 Å². The molecule has 0 aromatic carbocycles. The molecule has 9 atom stereocenters. The second kappa shape index (κ2) is 39.5. The first-order chi connectivity index (χ1) is 38.2. The van der Waals surface area contributed by atoms with Crippen molar-refractivity contribution in [2.75, 3.05) is 40.3 Å². The van der Waals surface area contributed by atoms with E-state index in [0.717, 1.165) is 64.5 Å². The Morgan fingerprint density at radius 2 is 0.976 bits per heavy atom. The third-order valence-electron chi connectivity index (χ3n) is 12.9. The summed E-state index contributed by atoms with van der Waals surface area (Å²) in [6.45, 7) is 8.34. The first kappa shape index (κ1) is 75.1. The highest BCUT2D eigenvalue weighted by Gasteiger charge is 2.37. The van der Waals surface area contributed by atoms with Gasteiger partial charge in [-0.15, -0.1) is 0 Å². The molecule has 0 aromatic heterocycles. The number of nitrogens with one attached hydrogen (secondary N) is 3. The molecule has 31 heteroatoms. The second-order valence-corrected chi connectivity index (χ2v) is 21.0. The number of primary amides is 2. The molecule has 82 heavy (non-hydrogen) atoms. The number of amides is 3. The van der Waals surface area contributed by atoms with Crippen LogP contribution < -0.4 is 38.9 Å². The largest absolute Gasteiger partial charge is 0.481 e. The van der Waals surface area contributed by atoms with Gasteiger partial charge in [0, 0.05) is 32.4 Å². The molecule has 0 spiro atoms. The normalized spacial score (nSPS) is 19.5. The molecular weight excluding hydrogens is 1090 g/mol. The molecule has 1 aliphatic carbocycles. The third-order valence-corrected chi connectivity index (χ3v) is 12.9. The SMILES string of the molecule is CC(C)C[C@@H](C(=O)O)N(C)C[C@H](OC(=O)C(N)CCC(N)=O)C(=O)O.CC(C)C[C@@H](C(=O)OC(=O)[C@@H](N)CCC(N)=O)N(C)C[C@H](OC(=O)[C@@H]1CCC(=O)N1)C(=O)O.O=C(O)C1CCCC1.O=C(O)[C@@H]1CCCN1.O=C(O)[C@@H]1CCCN1. The van der Waals surface area contributed by atoms with Crippen LogP contribution in [0, 0.1) is 17.8 Å². The molecule has 31 nitrogen and oxygen atoms in total. The number of aliphatic carboxylic acids is 6. The number of nitrogens with zero attached hydrogens (tertiary/aromatic N) is 2. The fourth-order valence-corrected chi connectivity index (χ4v) is 8.21. The lowest BCUT2D eigenvalue weighted by Gasteiger charge is -2.29. The van der Waals surface area contributed by atoms with E-state index in [9.17, 15) is 77.6 Å². The number of ether oxygens (including phenoxy) is 3. The molecule has 0 bridgehead atoms. The van der Waals surface area contributed by atoms with Crippen LogP contribution in [0.25, 0.3) is 0 Å². The van der Waals surface area contributed by atoms with Crippen LogP contribution >= 0.6 is 0 Å². The van der Waals surface area contributed by atoms with Gasteiger partial charge in [-0.2, -0.15) is 0 Å². The number of nitrogens with two attached hydrogens (primary N) is 4. The lowest BCUT2D eigenvalue weighted by molar-refractivity contribution is -0.170. The number of carbonyl (C=O) groups is 13. The molecule has 468 valence electrons. The highest BCUT2D eigenvalue weighted by atomic mass is 16.6. The zero-order chi connectivity index (χ0) is 63.0. The summed E-state index contributed by atoms with van der Waals surface area (Å²) in [4.78, 5) is 149. The predicted octanol–water partition coefficient (Wildman–Crippen LogP) is -1.82. The van der Waals surface area contributed by atoms with Gasteiger partial charge >= 0.3 is 59.7 Å². The van der Waals surface area contributed by atoms with Crippen LogP contribution in [-0.4, -0.2) is 213 Å². The summed E-state index contributed by atoms with van der Waals surface area (Å²) in [6.07, 6.45) is 4.76. The summed E-state index contributed by atoms with van der Waals surface area (Å²) < 4.78 is 14.8. The highest BCUT2D eigenvalue weighted by Crippen LogP contribution is 2.24. The number of carbonyl (C=O) groups excluding carboxylic acids is 7. The summed E-state index contributed by atoms with van der Waals surface area (Å²) in [5.74, 6) is -11.5. The molecule has 3 aliphatic heterocycles. The monoisotopic (exact) mass is 1180 g/mol. The van der Waals surface area contributed by atoms with E-state index in [4.69, 9.17) is 52.5 Å². The average Bonchev–Trinajstić information content (AvgIpc) is 4.27. The minimum atomic E-state index is -1.63. The summed E-state index contributed by atoms with van der Waals surface area (Å²) in [5.41, 5.74) is 21.1. The Balaban J connectivity index is 0.00000115. The van der Waals surface area contributed by atoms with E-state index >= 15 is 0 Å². The predicted molar refractivity (Wildman–Crippen MR) is 286 cm³/mol. The van der Waals surface area contributed by atoms with Gasteiger partial charge in [-0.1, -0.05) is 40.5 Å². The summed E-state index contributed by atoms with van der Waals surface area (Å²) in [7, 11) is 2.87. The Kier molecular flexibility index (Phi) is 36.2. The lowest BCUT2D eigenvalue weighted by Crippen LogP contribution is -2.49. The van der Waals surface area contributed by atoms with E-state index in [-0.39, 0.29) is 93.8 Å². The quantitative estimate of drug-likeness (QED) is 0.0233. The van der Waals surface area contributed by atoms with E-state index in [0.29, 0.717) is 6.42 Å².